The molecular weight excluding hydrogens is 238 g/mol. The molecule has 1 atom stereocenters. The van der Waals surface area contributed by atoms with E-state index in [1.165, 1.54) is 5.56 Å². The minimum absolute atomic E-state index is 0.367. The van der Waals surface area contributed by atoms with Gasteiger partial charge in [0.15, 0.2) is 6.23 Å². The average molecular weight is 255 g/mol. The third-order valence-corrected chi connectivity index (χ3v) is 3.35. The lowest BCUT2D eigenvalue weighted by Gasteiger charge is -2.25. The predicted octanol–water partition coefficient (Wildman–Crippen LogP) is 2.84. The molecule has 0 saturated heterocycles. The van der Waals surface area contributed by atoms with Gasteiger partial charge >= 0.3 is 6.16 Å². The van der Waals surface area contributed by atoms with Crippen LogP contribution in [0.15, 0.2) is 11.4 Å². The van der Waals surface area contributed by atoms with Crippen LogP contribution in [-0.2, 0) is 15.9 Å². The first-order valence-electron chi connectivity index (χ1n) is 5.65. The van der Waals surface area contributed by atoms with Crippen molar-refractivity contribution in [2.45, 2.75) is 39.0 Å². The Morgan fingerprint density at radius 2 is 2.29 bits per heavy atom. The number of ether oxygens (including phenoxy) is 2. The van der Waals surface area contributed by atoms with Gasteiger partial charge in [-0.1, -0.05) is 0 Å². The topological polar surface area (TPSA) is 47.6 Å². The molecule has 4 nitrogen and oxygen atoms in total. The van der Waals surface area contributed by atoms with E-state index >= 15 is 0 Å². The molecule has 17 heavy (non-hydrogen) atoms. The minimum Gasteiger partial charge on any atom is -0.429 e. The zero-order valence-electron chi connectivity index (χ0n) is 10.3. The van der Waals surface area contributed by atoms with Crippen LogP contribution in [0, 0.1) is 0 Å². The summed E-state index contributed by atoms with van der Waals surface area (Å²) in [5, 5.41) is 5.18. The Hall–Kier alpha value is -1.07. The van der Waals surface area contributed by atoms with Crippen molar-refractivity contribution >= 4 is 17.5 Å². The van der Waals surface area contributed by atoms with Gasteiger partial charge in [0.05, 0.1) is 4.88 Å². The minimum atomic E-state index is -0.628. The molecule has 0 bridgehead atoms. The van der Waals surface area contributed by atoms with Crippen LogP contribution >= 0.6 is 11.3 Å². The Morgan fingerprint density at radius 1 is 1.53 bits per heavy atom. The van der Waals surface area contributed by atoms with Crippen LogP contribution in [-0.4, -0.2) is 18.3 Å². The first kappa shape index (κ1) is 12.4. The first-order valence-corrected chi connectivity index (χ1v) is 6.53. The SMILES string of the molecule is CC(C)(C)OC(=O)OC1NCCc2ccsc21. The highest BCUT2D eigenvalue weighted by molar-refractivity contribution is 7.10. The lowest BCUT2D eigenvalue weighted by Crippen LogP contribution is -2.34. The van der Waals surface area contributed by atoms with Crippen molar-refractivity contribution < 1.29 is 14.3 Å². The number of carbonyl (C=O) groups is 1. The van der Waals surface area contributed by atoms with Crippen LogP contribution in [0.4, 0.5) is 4.79 Å². The highest BCUT2D eigenvalue weighted by atomic mass is 32.1. The molecule has 1 aromatic rings. The first-order chi connectivity index (χ1) is 7.96. The van der Waals surface area contributed by atoms with E-state index in [0.717, 1.165) is 17.8 Å². The summed E-state index contributed by atoms with van der Waals surface area (Å²) in [6.45, 7) is 6.27. The van der Waals surface area contributed by atoms with Gasteiger partial charge < -0.3 is 9.47 Å². The second kappa shape index (κ2) is 4.66. The second-order valence-electron chi connectivity index (χ2n) is 4.98. The third kappa shape index (κ3) is 3.20. The summed E-state index contributed by atoms with van der Waals surface area (Å²) >= 11 is 1.60. The molecule has 0 amide bonds. The fourth-order valence-electron chi connectivity index (χ4n) is 1.68. The molecule has 0 aromatic carbocycles. The Morgan fingerprint density at radius 3 is 3.00 bits per heavy atom. The maximum Gasteiger partial charge on any atom is 0.510 e. The highest BCUT2D eigenvalue weighted by Crippen LogP contribution is 2.29. The predicted molar refractivity (Wildman–Crippen MR) is 66.1 cm³/mol. The summed E-state index contributed by atoms with van der Waals surface area (Å²) in [5.41, 5.74) is 0.728. The molecule has 0 radical (unpaired) electrons. The van der Waals surface area contributed by atoms with Gasteiger partial charge in [0.25, 0.3) is 0 Å². The van der Waals surface area contributed by atoms with Gasteiger partial charge in [0, 0.05) is 6.54 Å². The van der Waals surface area contributed by atoms with Crippen molar-refractivity contribution in [1.29, 1.82) is 0 Å². The van der Waals surface area contributed by atoms with E-state index < -0.39 is 11.8 Å². The summed E-state index contributed by atoms with van der Waals surface area (Å²) in [6, 6.07) is 2.08. The molecule has 5 heteroatoms. The lowest BCUT2D eigenvalue weighted by molar-refractivity contribution is -0.0351. The Kier molecular flexibility index (Phi) is 3.40. The maximum atomic E-state index is 11.6. The van der Waals surface area contributed by atoms with E-state index in [1.807, 2.05) is 26.2 Å². The van der Waals surface area contributed by atoms with Gasteiger partial charge in [-0.05, 0) is 44.2 Å². The van der Waals surface area contributed by atoms with Gasteiger partial charge in [-0.15, -0.1) is 11.3 Å². The number of hydrogen-bond acceptors (Lipinski definition) is 5. The summed E-state index contributed by atoms with van der Waals surface area (Å²) in [6.07, 6.45) is -0.0163. The molecule has 2 heterocycles. The Balaban J connectivity index is 2.00. The molecule has 0 spiro atoms. The average Bonchev–Trinajstić information content (AvgIpc) is 2.63. The van der Waals surface area contributed by atoms with Gasteiger partial charge in [-0.3, -0.25) is 5.32 Å². The van der Waals surface area contributed by atoms with E-state index in [9.17, 15) is 4.79 Å². The monoisotopic (exact) mass is 255 g/mol. The number of hydrogen-bond donors (Lipinski definition) is 1. The molecule has 94 valence electrons. The molecule has 0 fully saturated rings. The van der Waals surface area contributed by atoms with Crippen LogP contribution in [0.5, 0.6) is 0 Å². The number of carbonyl (C=O) groups excluding carboxylic acids is 1. The van der Waals surface area contributed by atoms with E-state index in [-0.39, 0.29) is 6.23 Å². The molecule has 2 rings (SSSR count). The molecule has 1 N–H and O–H groups in total. The fourth-order valence-corrected chi connectivity index (χ4v) is 2.64. The lowest BCUT2D eigenvalue weighted by atomic mass is 10.1. The quantitative estimate of drug-likeness (QED) is 0.784. The maximum absolute atomic E-state index is 11.6. The fraction of sp³-hybridized carbons (Fsp3) is 0.583. The number of thiophene rings is 1. The van der Waals surface area contributed by atoms with Gasteiger partial charge in [-0.2, -0.15) is 0 Å². The van der Waals surface area contributed by atoms with Crippen molar-refractivity contribution in [3.8, 4) is 0 Å². The van der Waals surface area contributed by atoms with E-state index in [1.54, 1.807) is 11.3 Å². The highest BCUT2D eigenvalue weighted by Gasteiger charge is 2.26. The molecule has 1 unspecified atom stereocenters. The van der Waals surface area contributed by atoms with Crippen molar-refractivity contribution in [2.75, 3.05) is 6.54 Å². The van der Waals surface area contributed by atoms with E-state index in [0.29, 0.717) is 0 Å². The number of fused-ring (bicyclic) bond motifs is 1. The van der Waals surface area contributed by atoms with E-state index in [4.69, 9.17) is 9.47 Å². The van der Waals surface area contributed by atoms with Crippen molar-refractivity contribution in [3.05, 3.63) is 21.9 Å². The van der Waals surface area contributed by atoms with Crippen LogP contribution in [0.3, 0.4) is 0 Å². The van der Waals surface area contributed by atoms with Crippen molar-refractivity contribution in [1.82, 2.24) is 5.32 Å². The van der Waals surface area contributed by atoms with Gasteiger partial charge in [0.2, 0.25) is 0 Å². The molecule has 0 saturated carbocycles. The number of rotatable bonds is 1. The van der Waals surface area contributed by atoms with Gasteiger partial charge in [0.1, 0.15) is 5.60 Å². The molecule has 1 aromatic heterocycles. The Bertz CT molecular complexity index is 408. The summed E-state index contributed by atoms with van der Waals surface area (Å²) in [4.78, 5) is 12.7. The smallest absolute Gasteiger partial charge is 0.429 e. The van der Waals surface area contributed by atoms with Crippen molar-refractivity contribution in [3.63, 3.8) is 0 Å². The summed E-state index contributed by atoms with van der Waals surface area (Å²) < 4.78 is 10.4. The van der Waals surface area contributed by atoms with Gasteiger partial charge in [-0.25, -0.2) is 4.79 Å². The van der Waals surface area contributed by atoms with Crippen molar-refractivity contribution in [2.24, 2.45) is 0 Å². The molecule has 0 aliphatic carbocycles. The second-order valence-corrected chi connectivity index (χ2v) is 5.92. The molecule has 1 aliphatic heterocycles. The zero-order chi connectivity index (χ0) is 12.5. The standard InChI is InChI=1S/C12H17NO3S/c1-12(2,3)16-11(14)15-10-9-8(4-6-13-10)5-7-17-9/h5,7,10,13H,4,6H2,1-3H3. The third-order valence-electron chi connectivity index (χ3n) is 2.35. The molecular formula is C12H17NO3S. The van der Waals surface area contributed by atoms with Crippen LogP contribution in [0.1, 0.15) is 37.4 Å². The zero-order valence-corrected chi connectivity index (χ0v) is 11.1. The van der Waals surface area contributed by atoms with Crippen LogP contribution in [0.2, 0.25) is 0 Å². The van der Waals surface area contributed by atoms with E-state index in [2.05, 4.69) is 11.4 Å². The Labute approximate surface area is 105 Å². The largest absolute Gasteiger partial charge is 0.510 e. The molecule has 1 aliphatic rings. The summed E-state index contributed by atoms with van der Waals surface area (Å²) in [7, 11) is 0. The normalized spacial score (nSPS) is 19.6. The van der Waals surface area contributed by atoms with Crippen LogP contribution < -0.4 is 5.32 Å². The van der Waals surface area contributed by atoms with Crippen LogP contribution in [0.25, 0.3) is 0 Å². The number of nitrogens with one attached hydrogen (secondary N) is 1. The summed E-state index contributed by atoms with van der Waals surface area (Å²) in [5.74, 6) is 0.